The van der Waals surface area contributed by atoms with Gasteiger partial charge in [0.2, 0.25) is 0 Å². The van der Waals surface area contributed by atoms with E-state index in [1.807, 2.05) is 12.1 Å². The van der Waals surface area contributed by atoms with Gasteiger partial charge in [0.25, 0.3) is 0 Å². The number of fused-ring (bicyclic) bond motifs is 1. The summed E-state index contributed by atoms with van der Waals surface area (Å²) in [4.78, 5) is 32.6. The molecule has 0 bridgehead atoms. The van der Waals surface area contributed by atoms with Crippen molar-refractivity contribution in [2.45, 2.75) is 19.4 Å². The van der Waals surface area contributed by atoms with Crippen LogP contribution in [0.3, 0.4) is 0 Å². The zero-order valence-electron chi connectivity index (χ0n) is 14.9. The Hall–Kier alpha value is -2.41. The third-order valence-corrected chi connectivity index (χ3v) is 5.52. The van der Waals surface area contributed by atoms with Crippen LogP contribution in [0.25, 0.3) is 0 Å². The van der Waals surface area contributed by atoms with E-state index in [2.05, 4.69) is 21.8 Å². The number of amides is 2. The van der Waals surface area contributed by atoms with Gasteiger partial charge in [-0.25, -0.2) is 4.79 Å². The minimum absolute atomic E-state index is 0.0633. The molecule has 140 valence electrons. The highest BCUT2D eigenvalue weighted by atomic mass is 16.4. The van der Waals surface area contributed by atoms with E-state index < -0.39 is 11.4 Å². The van der Waals surface area contributed by atoms with Gasteiger partial charge in [-0.3, -0.25) is 14.7 Å². The normalized spacial score (nSPS) is 26.0. The maximum Gasteiger partial charge on any atom is 0.317 e. The molecule has 26 heavy (non-hydrogen) atoms. The topological polar surface area (TPSA) is 85.8 Å². The van der Waals surface area contributed by atoms with Crippen molar-refractivity contribution >= 4 is 12.0 Å². The molecule has 1 aromatic rings. The van der Waals surface area contributed by atoms with E-state index in [4.69, 9.17) is 0 Å². The zero-order valence-corrected chi connectivity index (χ0v) is 14.9. The summed E-state index contributed by atoms with van der Waals surface area (Å²) in [6, 6.07) is 3.61. The Morgan fingerprint density at radius 2 is 2.31 bits per heavy atom. The Morgan fingerprint density at radius 3 is 3.00 bits per heavy atom. The molecule has 0 aliphatic carbocycles. The van der Waals surface area contributed by atoms with E-state index in [9.17, 15) is 14.7 Å². The summed E-state index contributed by atoms with van der Waals surface area (Å²) < 4.78 is 0. The lowest BCUT2D eigenvalue weighted by molar-refractivity contribution is -0.150. The quantitative estimate of drug-likeness (QED) is 0.781. The number of hydrogen-bond acceptors (Lipinski definition) is 4. The maximum atomic E-state index is 12.6. The minimum atomic E-state index is -0.763. The Bertz CT molecular complexity index is 666. The molecule has 2 saturated heterocycles. The molecular formula is C19H26N4O3. The minimum Gasteiger partial charge on any atom is -0.481 e. The molecule has 2 aliphatic rings. The Balaban J connectivity index is 1.66. The van der Waals surface area contributed by atoms with Gasteiger partial charge >= 0.3 is 12.0 Å². The maximum absolute atomic E-state index is 12.6. The van der Waals surface area contributed by atoms with Gasteiger partial charge in [0.1, 0.15) is 0 Å². The van der Waals surface area contributed by atoms with Crippen LogP contribution in [-0.2, 0) is 11.3 Å². The highest BCUT2D eigenvalue weighted by Gasteiger charge is 2.53. The summed E-state index contributed by atoms with van der Waals surface area (Å²) in [5, 5.41) is 12.8. The third-order valence-electron chi connectivity index (χ3n) is 5.52. The van der Waals surface area contributed by atoms with E-state index >= 15 is 0 Å². The largest absolute Gasteiger partial charge is 0.481 e. The van der Waals surface area contributed by atoms with Crippen LogP contribution in [0.4, 0.5) is 4.79 Å². The molecule has 3 heterocycles. The molecule has 0 aromatic carbocycles. The summed E-state index contributed by atoms with van der Waals surface area (Å²) in [5.74, 6) is -0.807. The first-order chi connectivity index (χ1) is 12.5. The van der Waals surface area contributed by atoms with E-state index in [0.717, 1.165) is 5.56 Å². The molecule has 2 atom stereocenters. The number of nitrogens with zero attached hydrogens (tertiary/aromatic N) is 3. The molecule has 2 amide bonds. The molecule has 0 radical (unpaired) electrons. The number of carboxylic acids is 1. The molecule has 7 nitrogen and oxygen atoms in total. The molecule has 0 saturated carbocycles. The molecular weight excluding hydrogens is 332 g/mol. The smallest absolute Gasteiger partial charge is 0.317 e. The molecule has 3 rings (SSSR count). The van der Waals surface area contributed by atoms with Crippen LogP contribution in [0.2, 0.25) is 0 Å². The number of aromatic nitrogens is 1. The second kappa shape index (κ2) is 7.86. The molecule has 2 aliphatic heterocycles. The third kappa shape index (κ3) is 3.72. The van der Waals surface area contributed by atoms with Crippen LogP contribution < -0.4 is 5.32 Å². The van der Waals surface area contributed by atoms with E-state index in [0.29, 0.717) is 52.1 Å². The van der Waals surface area contributed by atoms with Crippen molar-refractivity contribution in [1.29, 1.82) is 0 Å². The Labute approximate surface area is 153 Å². The lowest BCUT2D eigenvalue weighted by Gasteiger charge is -2.29. The molecule has 2 fully saturated rings. The number of carbonyl (C=O) groups excluding carboxylic acids is 1. The average molecular weight is 358 g/mol. The number of rotatable bonds is 5. The number of urea groups is 1. The number of pyridine rings is 1. The van der Waals surface area contributed by atoms with E-state index in [-0.39, 0.29) is 11.9 Å². The number of carboxylic acid groups (broad SMARTS) is 1. The fraction of sp³-hybridized carbons (Fsp3) is 0.526. The highest BCUT2D eigenvalue weighted by molar-refractivity contribution is 5.77. The number of nitrogens with one attached hydrogen (secondary N) is 1. The Kier molecular flexibility index (Phi) is 5.56. The predicted molar refractivity (Wildman–Crippen MR) is 97.5 cm³/mol. The van der Waals surface area contributed by atoms with E-state index in [1.165, 1.54) is 0 Å². The van der Waals surface area contributed by atoms with Crippen molar-refractivity contribution in [3.05, 3.63) is 42.7 Å². The van der Waals surface area contributed by atoms with Crippen LogP contribution in [0, 0.1) is 11.3 Å². The van der Waals surface area contributed by atoms with Crippen LogP contribution in [-0.4, -0.2) is 64.6 Å². The number of hydrogen-bond donors (Lipinski definition) is 2. The van der Waals surface area contributed by atoms with Gasteiger partial charge in [0, 0.05) is 57.6 Å². The predicted octanol–water partition coefficient (Wildman–Crippen LogP) is 1.58. The van der Waals surface area contributed by atoms with Gasteiger partial charge in [0.15, 0.2) is 0 Å². The van der Waals surface area contributed by atoms with Crippen LogP contribution in [0.1, 0.15) is 18.4 Å². The van der Waals surface area contributed by atoms with Crippen molar-refractivity contribution in [3.63, 3.8) is 0 Å². The van der Waals surface area contributed by atoms with Crippen molar-refractivity contribution in [3.8, 4) is 0 Å². The van der Waals surface area contributed by atoms with E-state index in [1.54, 1.807) is 23.4 Å². The van der Waals surface area contributed by atoms with Crippen LogP contribution >= 0.6 is 0 Å². The highest BCUT2D eigenvalue weighted by Crippen LogP contribution is 2.42. The van der Waals surface area contributed by atoms with Crippen LogP contribution in [0.15, 0.2) is 37.2 Å². The van der Waals surface area contributed by atoms with Gasteiger partial charge in [-0.2, -0.15) is 0 Å². The zero-order chi connectivity index (χ0) is 18.6. The fourth-order valence-electron chi connectivity index (χ4n) is 4.18. The average Bonchev–Trinajstić information content (AvgIpc) is 2.88. The first-order valence-corrected chi connectivity index (χ1v) is 9.03. The summed E-state index contributed by atoms with van der Waals surface area (Å²) >= 11 is 0. The Morgan fingerprint density at radius 1 is 1.46 bits per heavy atom. The molecule has 0 spiro atoms. The van der Waals surface area contributed by atoms with Crippen molar-refractivity contribution in [2.75, 3.05) is 32.7 Å². The van der Waals surface area contributed by atoms with Gasteiger partial charge < -0.3 is 15.3 Å². The second-order valence-corrected chi connectivity index (χ2v) is 7.21. The number of aliphatic carboxylic acids is 1. The molecule has 7 heteroatoms. The number of likely N-dealkylation sites (tertiary alicyclic amines) is 2. The summed E-state index contributed by atoms with van der Waals surface area (Å²) in [7, 11) is 0. The number of carbonyl (C=O) groups is 2. The SMILES string of the molecule is C=CCN1C[C@H]2CN(C(=O)NCc3cccnc3)CCC[C@@]2(C(=O)O)C1. The van der Waals surface area contributed by atoms with Gasteiger partial charge in [-0.1, -0.05) is 12.1 Å². The van der Waals surface area contributed by atoms with Gasteiger partial charge in [-0.15, -0.1) is 6.58 Å². The molecule has 0 unspecified atom stereocenters. The monoisotopic (exact) mass is 358 g/mol. The standard InChI is InChI=1S/C19H26N4O3/c1-2-8-22-12-16-13-23(9-4-6-19(16,14-22)17(24)25)18(26)21-11-15-5-3-7-20-10-15/h2-3,5,7,10,16H,1,4,6,8-9,11-14H2,(H,21,26)(H,24,25)/t16-,19+/m0/s1. The fourth-order valence-corrected chi connectivity index (χ4v) is 4.18. The molecule has 2 N–H and O–H groups in total. The molecule has 1 aromatic heterocycles. The van der Waals surface area contributed by atoms with Crippen LogP contribution in [0.5, 0.6) is 0 Å². The lowest BCUT2D eigenvalue weighted by Crippen LogP contribution is -2.45. The van der Waals surface area contributed by atoms with Gasteiger partial charge in [0.05, 0.1) is 5.41 Å². The first-order valence-electron chi connectivity index (χ1n) is 9.03. The van der Waals surface area contributed by atoms with Crippen molar-refractivity contribution in [1.82, 2.24) is 20.1 Å². The summed E-state index contributed by atoms with van der Waals surface area (Å²) in [6.07, 6.45) is 6.53. The van der Waals surface area contributed by atoms with Crippen molar-refractivity contribution in [2.24, 2.45) is 11.3 Å². The lowest BCUT2D eigenvalue weighted by atomic mass is 9.75. The first kappa shape index (κ1) is 18.4. The van der Waals surface area contributed by atoms with Gasteiger partial charge in [-0.05, 0) is 24.5 Å². The summed E-state index contributed by atoms with van der Waals surface area (Å²) in [6.45, 7) is 7.13. The summed E-state index contributed by atoms with van der Waals surface area (Å²) in [5.41, 5.74) is 0.176. The van der Waals surface area contributed by atoms with Crippen molar-refractivity contribution < 1.29 is 14.7 Å². The second-order valence-electron chi connectivity index (χ2n) is 7.21.